The van der Waals surface area contributed by atoms with Gasteiger partial charge in [0.15, 0.2) is 0 Å². The van der Waals surface area contributed by atoms with Crippen LogP contribution in [0.2, 0.25) is 0 Å². The Labute approximate surface area is 75.3 Å². The third kappa shape index (κ3) is 3.47. The molecule has 0 radical (unpaired) electrons. The first kappa shape index (κ1) is 9.18. The molecule has 0 bridgehead atoms. The summed E-state index contributed by atoms with van der Waals surface area (Å²) in [6.07, 6.45) is 6.91. The summed E-state index contributed by atoms with van der Waals surface area (Å²) in [5.41, 5.74) is 0. The Morgan fingerprint density at radius 3 is 2.40 bits per heavy atom. The summed E-state index contributed by atoms with van der Waals surface area (Å²) < 4.78 is 5.54. The molecule has 1 aliphatic rings. The van der Waals surface area contributed by atoms with E-state index in [-0.39, 0.29) is 0 Å². The quantitative estimate of drug-likeness (QED) is 0.585. The van der Waals surface area contributed by atoms with E-state index >= 15 is 0 Å². The maximum atomic E-state index is 5.54. The zero-order chi connectivity index (χ0) is 7.40. The van der Waals surface area contributed by atoms with Crippen LogP contribution in [-0.4, -0.2) is 18.3 Å². The van der Waals surface area contributed by atoms with Gasteiger partial charge in [0.1, 0.15) is 0 Å². The second-order valence-electron chi connectivity index (χ2n) is 2.64. The Hall–Kier alpha value is 1.09. The Kier molecular flexibility index (Phi) is 4.46. The average Bonchev–Trinajstić information content (AvgIpc) is 1.88. The first-order chi connectivity index (χ1) is 4.79. The van der Waals surface area contributed by atoms with Gasteiger partial charge in [-0.1, -0.05) is 0 Å². The van der Waals surface area contributed by atoms with Gasteiger partial charge in [-0.25, -0.2) is 0 Å². The van der Waals surface area contributed by atoms with E-state index in [2.05, 4.69) is 10.9 Å². The zero-order valence-electron chi connectivity index (χ0n) is 5.88. The standard InChI is InChI=1S/C6H13AsOS2/c9-7(10)8-6-4-2-1-3-5-6/h6-7H,1-5H2,(H,9,10). The fourth-order valence-electron chi connectivity index (χ4n) is 1.33. The van der Waals surface area contributed by atoms with Gasteiger partial charge >= 0.3 is 75.4 Å². The second kappa shape index (κ2) is 4.86. The van der Waals surface area contributed by atoms with Gasteiger partial charge in [-0.2, -0.15) is 0 Å². The number of hydrogen-bond donors (Lipinski definition) is 1. The molecule has 0 N–H and O–H groups in total. The van der Waals surface area contributed by atoms with Gasteiger partial charge in [0.25, 0.3) is 0 Å². The van der Waals surface area contributed by atoms with E-state index in [1.165, 1.54) is 32.1 Å². The van der Waals surface area contributed by atoms with E-state index in [0.29, 0.717) is 6.10 Å². The molecule has 0 heterocycles. The van der Waals surface area contributed by atoms with Crippen molar-refractivity contribution in [3.63, 3.8) is 0 Å². The average molecular weight is 240 g/mol. The van der Waals surface area contributed by atoms with Crippen molar-refractivity contribution in [3.05, 3.63) is 0 Å². The third-order valence-corrected chi connectivity index (χ3v) is 3.99. The summed E-state index contributed by atoms with van der Waals surface area (Å²) in [7, 11) is 9.14. The van der Waals surface area contributed by atoms with Crippen LogP contribution in [0.25, 0.3) is 0 Å². The van der Waals surface area contributed by atoms with Crippen LogP contribution < -0.4 is 0 Å². The first-order valence-corrected chi connectivity index (χ1v) is 10.8. The molecule has 0 saturated heterocycles. The van der Waals surface area contributed by atoms with Crippen LogP contribution in [0.5, 0.6) is 0 Å². The Morgan fingerprint density at radius 1 is 1.30 bits per heavy atom. The molecule has 1 fully saturated rings. The summed E-state index contributed by atoms with van der Waals surface area (Å²) in [6.45, 7) is 0. The SMILES string of the molecule is S=[AsH](S)OC1CCCCC1. The number of thiol groups is 1. The molecule has 1 atom stereocenters. The van der Waals surface area contributed by atoms with Crippen molar-refractivity contribution >= 4 is 33.4 Å². The molecule has 0 spiro atoms. The van der Waals surface area contributed by atoms with E-state index in [1.807, 2.05) is 0 Å². The van der Waals surface area contributed by atoms with Crippen molar-refractivity contribution in [3.8, 4) is 0 Å². The van der Waals surface area contributed by atoms with Crippen LogP contribution in [0.15, 0.2) is 0 Å². The van der Waals surface area contributed by atoms with Gasteiger partial charge in [0, 0.05) is 0 Å². The Balaban J connectivity index is 2.19. The van der Waals surface area contributed by atoms with E-state index in [9.17, 15) is 0 Å². The molecule has 1 unspecified atom stereocenters. The molecule has 0 aromatic heterocycles. The molecule has 0 aromatic rings. The van der Waals surface area contributed by atoms with E-state index in [4.69, 9.17) is 14.1 Å². The molecule has 1 aliphatic carbocycles. The van der Waals surface area contributed by atoms with Crippen molar-refractivity contribution in [1.29, 1.82) is 0 Å². The molecule has 0 aromatic carbocycles. The fraction of sp³-hybridized carbons (Fsp3) is 1.00. The predicted molar refractivity (Wildman–Crippen MR) is 51.7 cm³/mol. The summed E-state index contributed by atoms with van der Waals surface area (Å²) in [6, 6.07) is 0. The van der Waals surface area contributed by atoms with Crippen molar-refractivity contribution in [2.24, 2.45) is 0 Å². The Morgan fingerprint density at radius 2 is 1.90 bits per heavy atom. The molecular weight excluding hydrogens is 227 g/mol. The van der Waals surface area contributed by atoms with Crippen molar-refractivity contribution in [2.45, 2.75) is 38.2 Å². The second-order valence-corrected chi connectivity index (χ2v) is 9.86. The van der Waals surface area contributed by atoms with Gasteiger partial charge in [-0.05, 0) is 0 Å². The Bertz CT molecular complexity index is 123. The normalized spacial score (nSPS) is 24.5. The fourth-order valence-corrected chi connectivity index (χ4v) is 3.90. The molecule has 1 saturated carbocycles. The van der Waals surface area contributed by atoms with Crippen LogP contribution in [-0.2, 0) is 3.73 Å². The van der Waals surface area contributed by atoms with Gasteiger partial charge < -0.3 is 0 Å². The summed E-state index contributed by atoms with van der Waals surface area (Å²) in [5.74, 6) is 0. The van der Waals surface area contributed by atoms with Gasteiger partial charge in [0.05, 0.1) is 0 Å². The summed E-state index contributed by atoms with van der Waals surface area (Å²) in [5, 5.41) is 0. The van der Waals surface area contributed by atoms with E-state index < -0.39 is 12.2 Å². The number of rotatable bonds is 2. The van der Waals surface area contributed by atoms with Gasteiger partial charge in [-0.3, -0.25) is 0 Å². The molecule has 10 heavy (non-hydrogen) atoms. The number of hydrogen-bond acceptors (Lipinski definition) is 2. The minimum absolute atomic E-state index is 0.471. The van der Waals surface area contributed by atoms with Crippen LogP contribution in [0.1, 0.15) is 32.1 Å². The molecule has 1 rings (SSSR count). The minimum atomic E-state index is -1.70. The monoisotopic (exact) mass is 240 g/mol. The van der Waals surface area contributed by atoms with Crippen molar-refractivity contribution in [2.75, 3.05) is 0 Å². The summed E-state index contributed by atoms with van der Waals surface area (Å²) in [4.78, 5) is 0. The molecule has 4 heteroatoms. The van der Waals surface area contributed by atoms with Crippen LogP contribution in [0.3, 0.4) is 0 Å². The zero-order valence-corrected chi connectivity index (χ0v) is 9.69. The van der Waals surface area contributed by atoms with Gasteiger partial charge in [0.2, 0.25) is 0 Å². The topological polar surface area (TPSA) is 9.23 Å². The molecular formula is C6H13AsOS2. The van der Waals surface area contributed by atoms with Crippen molar-refractivity contribution in [1.82, 2.24) is 0 Å². The van der Waals surface area contributed by atoms with Crippen LogP contribution in [0, 0.1) is 0 Å². The molecule has 60 valence electrons. The van der Waals surface area contributed by atoms with Crippen LogP contribution >= 0.6 is 21.3 Å². The molecule has 1 nitrogen and oxygen atoms in total. The first-order valence-electron chi connectivity index (χ1n) is 3.68. The van der Waals surface area contributed by atoms with Crippen LogP contribution in [0.4, 0.5) is 0 Å². The maximum absolute atomic E-state index is 5.54. The summed E-state index contributed by atoms with van der Waals surface area (Å²) >= 11 is -1.70. The van der Waals surface area contributed by atoms with Crippen molar-refractivity contribution < 1.29 is 3.73 Å². The van der Waals surface area contributed by atoms with E-state index in [1.54, 1.807) is 0 Å². The van der Waals surface area contributed by atoms with Gasteiger partial charge in [-0.15, -0.1) is 0 Å². The molecule has 0 aliphatic heterocycles. The molecule has 0 amide bonds. The van der Waals surface area contributed by atoms with E-state index in [0.717, 1.165) is 0 Å². The third-order valence-electron chi connectivity index (χ3n) is 1.82. The predicted octanol–water partition coefficient (Wildman–Crippen LogP) is 2.18.